The topological polar surface area (TPSA) is 117 Å². The molecule has 0 heterocycles. The average molecular weight is 395 g/mol. The van der Waals surface area contributed by atoms with Gasteiger partial charge in [-0.1, -0.05) is 23.9 Å². The van der Waals surface area contributed by atoms with Crippen LogP contribution in [0.2, 0.25) is 0 Å². The normalized spacial score (nSPS) is 12.9. The molecule has 0 aromatic heterocycles. The number of carbonyl (C=O) groups excluding carboxylic acids is 2. The highest BCUT2D eigenvalue weighted by atomic mass is 32.2. The van der Waals surface area contributed by atoms with Crippen molar-refractivity contribution in [2.75, 3.05) is 13.3 Å². The van der Waals surface area contributed by atoms with Crippen molar-refractivity contribution >= 4 is 34.9 Å². The van der Waals surface area contributed by atoms with Crippen molar-refractivity contribution in [2.24, 2.45) is 4.99 Å². The molecule has 0 aliphatic carbocycles. The Morgan fingerprint density at radius 1 is 1.22 bits per heavy atom. The van der Waals surface area contributed by atoms with E-state index in [1.165, 1.54) is 11.8 Å². The zero-order valence-corrected chi connectivity index (χ0v) is 16.8. The van der Waals surface area contributed by atoms with Gasteiger partial charge in [0.15, 0.2) is 5.17 Å². The third-order valence-corrected chi connectivity index (χ3v) is 3.92. The van der Waals surface area contributed by atoms with Gasteiger partial charge in [-0.2, -0.15) is 4.99 Å². The van der Waals surface area contributed by atoms with Crippen LogP contribution in [0.3, 0.4) is 0 Å². The number of carbonyl (C=O) groups is 3. The number of carboxylic acid groups (broad SMARTS) is 1. The maximum atomic E-state index is 12.1. The first-order chi connectivity index (χ1) is 12.6. The molecule has 0 saturated heterocycles. The fourth-order valence-electron chi connectivity index (χ4n) is 2.03. The lowest BCUT2D eigenvalue weighted by molar-refractivity contribution is -0.139. The molecular formula is C18H25N3O5S. The highest BCUT2D eigenvalue weighted by Crippen LogP contribution is 2.11. The van der Waals surface area contributed by atoms with E-state index in [0.717, 1.165) is 0 Å². The van der Waals surface area contributed by atoms with Crippen molar-refractivity contribution in [1.82, 2.24) is 10.6 Å². The van der Waals surface area contributed by atoms with Crippen molar-refractivity contribution in [3.63, 3.8) is 0 Å². The van der Waals surface area contributed by atoms with Crippen LogP contribution in [0.1, 0.15) is 36.7 Å². The van der Waals surface area contributed by atoms with Crippen LogP contribution in [0.15, 0.2) is 29.3 Å². The number of amides is 2. The van der Waals surface area contributed by atoms with E-state index in [1.54, 1.807) is 58.3 Å². The van der Waals surface area contributed by atoms with Crippen LogP contribution in [-0.4, -0.2) is 53.2 Å². The number of benzene rings is 1. The maximum Gasteiger partial charge on any atom is 0.408 e. The van der Waals surface area contributed by atoms with Crippen LogP contribution >= 0.6 is 11.8 Å². The fourth-order valence-corrected chi connectivity index (χ4v) is 2.41. The number of amidine groups is 1. The minimum atomic E-state index is -1.18. The molecule has 2 amide bonds. The van der Waals surface area contributed by atoms with Gasteiger partial charge in [-0.15, -0.1) is 0 Å². The number of aliphatic imine (C=N–C) groups is 1. The molecule has 0 radical (unpaired) electrons. The highest BCUT2D eigenvalue weighted by Gasteiger charge is 2.24. The SMILES string of the molecule is CN/C(=N\C(=O)c1ccc(CC(NC(=O)OC(C)(C)C)C(=O)O)cc1)SC. The lowest BCUT2D eigenvalue weighted by Crippen LogP contribution is -2.44. The largest absolute Gasteiger partial charge is 0.480 e. The molecule has 1 aromatic rings. The summed E-state index contributed by atoms with van der Waals surface area (Å²) < 4.78 is 5.08. The number of hydrogen-bond acceptors (Lipinski definition) is 5. The monoisotopic (exact) mass is 395 g/mol. The Hall–Kier alpha value is -2.55. The van der Waals surface area contributed by atoms with Crippen LogP contribution in [0, 0.1) is 0 Å². The first-order valence-corrected chi connectivity index (χ1v) is 9.44. The van der Waals surface area contributed by atoms with E-state index in [0.29, 0.717) is 16.3 Å². The average Bonchev–Trinajstić information content (AvgIpc) is 2.57. The van der Waals surface area contributed by atoms with Gasteiger partial charge in [0, 0.05) is 19.0 Å². The van der Waals surface area contributed by atoms with Gasteiger partial charge in [-0.3, -0.25) is 4.79 Å². The van der Waals surface area contributed by atoms with Crippen molar-refractivity contribution in [2.45, 2.75) is 38.8 Å². The molecule has 148 valence electrons. The Labute approximate surface area is 162 Å². The zero-order valence-electron chi connectivity index (χ0n) is 16.0. The predicted octanol–water partition coefficient (Wildman–Crippen LogP) is 2.29. The molecule has 0 spiro atoms. The quantitative estimate of drug-likeness (QED) is 0.517. The van der Waals surface area contributed by atoms with Gasteiger partial charge in [-0.25, -0.2) is 9.59 Å². The van der Waals surface area contributed by atoms with E-state index in [1.807, 2.05) is 0 Å². The number of hydrogen-bond donors (Lipinski definition) is 3. The number of thioether (sulfide) groups is 1. The third-order valence-electron chi connectivity index (χ3n) is 3.24. The van der Waals surface area contributed by atoms with Crippen LogP contribution < -0.4 is 10.6 Å². The van der Waals surface area contributed by atoms with Crippen molar-refractivity contribution in [3.8, 4) is 0 Å². The molecule has 3 N–H and O–H groups in total. The molecule has 0 aliphatic rings. The molecule has 0 fully saturated rings. The summed E-state index contributed by atoms with van der Waals surface area (Å²) in [6, 6.07) is 5.26. The summed E-state index contributed by atoms with van der Waals surface area (Å²) in [5.74, 6) is -1.58. The molecule has 8 nitrogen and oxygen atoms in total. The number of rotatable bonds is 5. The van der Waals surface area contributed by atoms with Gasteiger partial charge < -0.3 is 20.5 Å². The standard InChI is InChI=1S/C18H25N3O5S/c1-18(2,3)26-17(25)20-13(15(23)24)10-11-6-8-12(9-7-11)14(22)21-16(19-4)27-5/h6-9,13H,10H2,1-5H3,(H,20,25)(H,23,24)(H,19,21,22). The van der Waals surface area contributed by atoms with Crippen LogP contribution in [0.4, 0.5) is 4.79 Å². The summed E-state index contributed by atoms with van der Waals surface area (Å²) in [7, 11) is 1.68. The minimum absolute atomic E-state index is 0.0545. The van der Waals surface area contributed by atoms with Gasteiger partial charge in [-0.05, 0) is 44.7 Å². The lowest BCUT2D eigenvalue weighted by atomic mass is 10.0. The van der Waals surface area contributed by atoms with Crippen molar-refractivity contribution < 1.29 is 24.2 Å². The van der Waals surface area contributed by atoms with E-state index < -0.39 is 29.6 Å². The molecule has 1 aromatic carbocycles. The molecule has 0 aliphatic heterocycles. The van der Waals surface area contributed by atoms with E-state index >= 15 is 0 Å². The van der Waals surface area contributed by atoms with Gasteiger partial charge in [0.25, 0.3) is 5.91 Å². The van der Waals surface area contributed by atoms with Crippen molar-refractivity contribution in [3.05, 3.63) is 35.4 Å². The van der Waals surface area contributed by atoms with E-state index in [2.05, 4.69) is 15.6 Å². The molecule has 1 rings (SSSR count). The fraction of sp³-hybridized carbons (Fsp3) is 0.444. The minimum Gasteiger partial charge on any atom is -0.480 e. The number of alkyl carbamates (subject to hydrolysis) is 1. The Balaban J connectivity index is 2.81. The molecule has 9 heteroatoms. The van der Waals surface area contributed by atoms with Crippen LogP contribution in [-0.2, 0) is 16.0 Å². The second-order valence-electron chi connectivity index (χ2n) is 6.61. The number of nitrogens with one attached hydrogen (secondary N) is 2. The van der Waals surface area contributed by atoms with Gasteiger partial charge >= 0.3 is 12.1 Å². The summed E-state index contributed by atoms with van der Waals surface area (Å²) in [6.45, 7) is 5.07. The first kappa shape index (κ1) is 22.5. The Kier molecular flexibility index (Phi) is 8.30. The van der Waals surface area contributed by atoms with Crippen LogP contribution in [0.25, 0.3) is 0 Å². The van der Waals surface area contributed by atoms with Gasteiger partial charge in [0.05, 0.1) is 0 Å². The Morgan fingerprint density at radius 3 is 2.26 bits per heavy atom. The third kappa shape index (κ3) is 8.12. The maximum absolute atomic E-state index is 12.1. The molecular weight excluding hydrogens is 370 g/mol. The molecule has 0 bridgehead atoms. The van der Waals surface area contributed by atoms with E-state index in [9.17, 15) is 19.5 Å². The first-order valence-electron chi connectivity index (χ1n) is 8.21. The summed E-state index contributed by atoms with van der Waals surface area (Å²) in [5.41, 5.74) is 0.309. The smallest absolute Gasteiger partial charge is 0.408 e. The summed E-state index contributed by atoms with van der Waals surface area (Å²) in [4.78, 5) is 39.2. The second-order valence-corrected chi connectivity index (χ2v) is 7.41. The van der Waals surface area contributed by atoms with Crippen molar-refractivity contribution in [1.29, 1.82) is 0 Å². The van der Waals surface area contributed by atoms with Crippen LogP contribution in [0.5, 0.6) is 0 Å². The number of nitrogens with zero attached hydrogens (tertiary/aromatic N) is 1. The number of aliphatic carboxylic acids is 1. The molecule has 1 atom stereocenters. The Morgan fingerprint density at radius 2 is 1.81 bits per heavy atom. The molecule has 1 unspecified atom stereocenters. The molecule has 0 saturated carbocycles. The Bertz CT molecular complexity index is 705. The van der Waals surface area contributed by atoms with E-state index in [4.69, 9.17) is 4.74 Å². The van der Waals surface area contributed by atoms with E-state index in [-0.39, 0.29) is 6.42 Å². The predicted molar refractivity (Wildman–Crippen MR) is 105 cm³/mol. The zero-order chi connectivity index (χ0) is 20.6. The number of carboxylic acids is 1. The van der Waals surface area contributed by atoms with Gasteiger partial charge in [0.2, 0.25) is 0 Å². The second kappa shape index (κ2) is 9.96. The summed E-state index contributed by atoms with van der Waals surface area (Å²) >= 11 is 1.32. The highest BCUT2D eigenvalue weighted by molar-refractivity contribution is 8.13. The summed E-state index contributed by atoms with van der Waals surface area (Å²) in [6.07, 6.45) is 1.06. The summed E-state index contributed by atoms with van der Waals surface area (Å²) in [5, 5.41) is 15.0. The lowest BCUT2D eigenvalue weighted by Gasteiger charge is -2.22. The molecule has 27 heavy (non-hydrogen) atoms. The number of ether oxygens (including phenoxy) is 1. The van der Waals surface area contributed by atoms with Gasteiger partial charge in [0.1, 0.15) is 11.6 Å².